The van der Waals surface area contributed by atoms with Crippen molar-refractivity contribution in [2.75, 3.05) is 6.26 Å². The van der Waals surface area contributed by atoms with Gasteiger partial charge in [0.05, 0.1) is 0 Å². The highest BCUT2D eigenvalue weighted by Gasteiger charge is 1.98. The summed E-state index contributed by atoms with van der Waals surface area (Å²) in [5.41, 5.74) is 0.476. The fourth-order valence-corrected chi connectivity index (χ4v) is 0.956. The van der Waals surface area contributed by atoms with Crippen molar-refractivity contribution in [3.05, 3.63) is 24.5 Å². The zero-order valence-corrected chi connectivity index (χ0v) is 6.93. The number of rotatable bonds is 2. The summed E-state index contributed by atoms with van der Waals surface area (Å²) in [5, 5.41) is 9.59. The summed E-state index contributed by atoms with van der Waals surface area (Å²) < 4.78 is 0. The van der Waals surface area contributed by atoms with Crippen molar-refractivity contribution >= 4 is 17.5 Å². The van der Waals surface area contributed by atoms with Gasteiger partial charge in [0.25, 0.3) is 0 Å². The Labute approximate surface area is 69.2 Å². The highest BCUT2D eigenvalue weighted by Crippen LogP contribution is 2.10. The number of aliphatic hydroxyl groups excluding tert-OH is 1. The number of nitrogens with zero attached hydrogens (tertiary/aromatic N) is 2. The molecule has 0 atom stereocenters. The van der Waals surface area contributed by atoms with E-state index in [9.17, 15) is 0 Å². The minimum absolute atomic E-state index is 0.0253. The van der Waals surface area contributed by atoms with Crippen molar-refractivity contribution in [3.63, 3.8) is 0 Å². The second-order valence-corrected chi connectivity index (χ2v) is 2.65. The summed E-state index contributed by atoms with van der Waals surface area (Å²) in [6.07, 6.45) is 3.47. The average molecular weight is 168 g/mol. The fourth-order valence-electron chi connectivity index (χ4n) is 0.600. The van der Waals surface area contributed by atoms with Crippen molar-refractivity contribution in [2.45, 2.75) is 5.16 Å². The van der Waals surface area contributed by atoms with Gasteiger partial charge in [-0.3, -0.25) is 0 Å². The SMILES string of the molecule is C=C(O)c1ccnc(SC)n1. The number of hydrogen-bond donors (Lipinski definition) is 1. The molecule has 0 aliphatic carbocycles. The van der Waals surface area contributed by atoms with E-state index >= 15 is 0 Å². The third kappa shape index (κ3) is 1.94. The zero-order valence-electron chi connectivity index (χ0n) is 6.11. The molecule has 58 valence electrons. The van der Waals surface area contributed by atoms with Gasteiger partial charge in [0.1, 0.15) is 11.5 Å². The first kappa shape index (κ1) is 8.07. The third-order valence-corrected chi connectivity index (χ3v) is 1.67. The lowest BCUT2D eigenvalue weighted by Gasteiger charge is -1.97. The molecule has 0 bridgehead atoms. The largest absolute Gasteiger partial charge is 0.506 e. The summed E-state index contributed by atoms with van der Waals surface area (Å²) in [4.78, 5) is 7.93. The lowest BCUT2D eigenvalue weighted by atomic mass is 10.4. The normalized spacial score (nSPS) is 9.55. The Morgan fingerprint density at radius 1 is 1.73 bits per heavy atom. The number of hydrogen-bond acceptors (Lipinski definition) is 4. The van der Waals surface area contributed by atoms with Gasteiger partial charge in [-0.2, -0.15) is 0 Å². The van der Waals surface area contributed by atoms with Gasteiger partial charge in [-0.05, 0) is 12.3 Å². The Balaban J connectivity index is 3.01. The van der Waals surface area contributed by atoms with Crippen molar-refractivity contribution in [1.29, 1.82) is 0 Å². The molecule has 1 aromatic rings. The van der Waals surface area contributed by atoms with Crippen LogP contribution in [0.15, 0.2) is 24.0 Å². The van der Waals surface area contributed by atoms with Crippen molar-refractivity contribution in [3.8, 4) is 0 Å². The quantitative estimate of drug-likeness (QED) is 0.415. The van der Waals surface area contributed by atoms with Gasteiger partial charge in [0.15, 0.2) is 5.16 Å². The third-order valence-electron chi connectivity index (χ3n) is 1.11. The Bertz CT molecular complexity index is 275. The van der Waals surface area contributed by atoms with Crippen LogP contribution in [-0.2, 0) is 0 Å². The Morgan fingerprint density at radius 3 is 3.00 bits per heavy atom. The zero-order chi connectivity index (χ0) is 8.27. The maximum Gasteiger partial charge on any atom is 0.187 e. The van der Waals surface area contributed by atoms with Crippen LogP contribution in [0.4, 0.5) is 0 Å². The summed E-state index contributed by atoms with van der Waals surface area (Å²) in [7, 11) is 0. The van der Waals surface area contributed by atoms with Gasteiger partial charge in [0, 0.05) is 6.20 Å². The monoisotopic (exact) mass is 168 g/mol. The van der Waals surface area contributed by atoms with Crippen molar-refractivity contribution < 1.29 is 5.11 Å². The predicted octanol–water partition coefficient (Wildman–Crippen LogP) is 1.73. The average Bonchev–Trinajstić information content (AvgIpc) is 2.05. The summed E-state index contributed by atoms with van der Waals surface area (Å²) >= 11 is 1.43. The lowest BCUT2D eigenvalue weighted by Crippen LogP contribution is -1.90. The molecule has 1 aromatic heterocycles. The fraction of sp³-hybridized carbons (Fsp3) is 0.143. The molecule has 0 aromatic carbocycles. The Morgan fingerprint density at radius 2 is 2.45 bits per heavy atom. The van der Waals surface area contributed by atoms with Crippen molar-refractivity contribution in [2.24, 2.45) is 0 Å². The molecule has 1 rings (SSSR count). The van der Waals surface area contributed by atoms with Crippen LogP contribution in [0.5, 0.6) is 0 Å². The topological polar surface area (TPSA) is 46.0 Å². The van der Waals surface area contributed by atoms with E-state index in [0.717, 1.165) is 0 Å². The smallest absolute Gasteiger partial charge is 0.187 e. The molecule has 11 heavy (non-hydrogen) atoms. The Kier molecular flexibility index (Phi) is 2.48. The number of aliphatic hydroxyl groups is 1. The Hall–Kier alpha value is -1.03. The van der Waals surface area contributed by atoms with E-state index in [1.54, 1.807) is 12.3 Å². The van der Waals surface area contributed by atoms with Crippen LogP contribution in [-0.4, -0.2) is 21.3 Å². The van der Waals surface area contributed by atoms with Crippen LogP contribution in [0.25, 0.3) is 5.76 Å². The highest BCUT2D eigenvalue weighted by atomic mass is 32.2. The molecule has 0 saturated carbocycles. The first-order valence-corrected chi connectivity index (χ1v) is 4.22. The van der Waals surface area contributed by atoms with E-state index in [0.29, 0.717) is 10.9 Å². The molecule has 3 nitrogen and oxygen atoms in total. The van der Waals surface area contributed by atoms with Crippen LogP contribution < -0.4 is 0 Å². The van der Waals surface area contributed by atoms with Gasteiger partial charge in [-0.15, -0.1) is 0 Å². The van der Waals surface area contributed by atoms with Gasteiger partial charge < -0.3 is 5.11 Å². The van der Waals surface area contributed by atoms with E-state index in [1.807, 2.05) is 6.26 Å². The van der Waals surface area contributed by atoms with E-state index in [4.69, 9.17) is 5.11 Å². The van der Waals surface area contributed by atoms with Crippen LogP contribution in [0.1, 0.15) is 5.69 Å². The summed E-state index contributed by atoms with van der Waals surface area (Å²) in [6.45, 7) is 3.36. The summed E-state index contributed by atoms with van der Waals surface area (Å²) in [5.74, 6) is -0.0253. The van der Waals surface area contributed by atoms with Gasteiger partial charge in [-0.1, -0.05) is 18.3 Å². The summed E-state index contributed by atoms with van der Waals surface area (Å²) in [6, 6.07) is 1.61. The molecule has 0 spiro atoms. The van der Waals surface area contributed by atoms with Gasteiger partial charge >= 0.3 is 0 Å². The van der Waals surface area contributed by atoms with Gasteiger partial charge in [-0.25, -0.2) is 9.97 Å². The second kappa shape index (κ2) is 3.39. The molecule has 0 amide bonds. The molecule has 1 heterocycles. The maximum atomic E-state index is 8.95. The predicted molar refractivity (Wildman–Crippen MR) is 45.5 cm³/mol. The molecular weight excluding hydrogens is 160 g/mol. The van der Waals surface area contributed by atoms with E-state index in [2.05, 4.69) is 16.5 Å². The standard InChI is InChI=1S/C7H8N2OS/c1-5(10)6-3-4-8-7(9-6)11-2/h3-4,10H,1H2,2H3. The first-order chi connectivity index (χ1) is 5.24. The second-order valence-electron chi connectivity index (χ2n) is 1.88. The molecule has 1 N–H and O–H groups in total. The molecule has 0 unspecified atom stereocenters. The number of aromatic nitrogens is 2. The van der Waals surface area contributed by atoms with Crippen molar-refractivity contribution in [1.82, 2.24) is 9.97 Å². The van der Waals surface area contributed by atoms with Crippen LogP contribution >= 0.6 is 11.8 Å². The molecule has 0 radical (unpaired) electrons. The van der Waals surface area contributed by atoms with Gasteiger partial charge in [0.2, 0.25) is 0 Å². The molecule has 4 heteroatoms. The van der Waals surface area contributed by atoms with E-state index < -0.39 is 0 Å². The molecular formula is C7H8N2OS. The first-order valence-electron chi connectivity index (χ1n) is 2.99. The lowest BCUT2D eigenvalue weighted by molar-refractivity contribution is 0.509. The van der Waals surface area contributed by atoms with Crippen LogP contribution in [0.2, 0.25) is 0 Å². The van der Waals surface area contributed by atoms with Crippen LogP contribution in [0.3, 0.4) is 0 Å². The van der Waals surface area contributed by atoms with Crippen LogP contribution in [0, 0.1) is 0 Å². The van der Waals surface area contributed by atoms with E-state index in [1.165, 1.54) is 11.8 Å². The number of thioether (sulfide) groups is 1. The molecule has 0 fully saturated rings. The molecule has 0 saturated heterocycles. The minimum Gasteiger partial charge on any atom is -0.506 e. The minimum atomic E-state index is -0.0253. The molecule has 0 aliphatic heterocycles. The highest BCUT2D eigenvalue weighted by molar-refractivity contribution is 7.98. The van der Waals surface area contributed by atoms with E-state index in [-0.39, 0.29) is 5.76 Å². The maximum absolute atomic E-state index is 8.95. The molecule has 0 aliphatic rings.